The van der Waals surface area contributed by atoms with Crippen LogP contribution in [0.4, 0.5) is 5.13 Å². The molecule has 4 heterocycles. The van der Waals surface area contributed by atoms with Crippen LogP contribution in [-0.4, -0.2) is 89.4 Å². The van der Waals surface area contributed by atoms with Crippen LogP contribution in [0.2, 0.25) is 4.34 Å². The number of carbonyl (C=O) groups is 3. The molecule has 2 aliphatic heterocycles. The molecule has 0 radical (unpaired) electrons. The summed E-state index contributed by atoms with van der Waals surface area (Å²) in [5.74, 6) is -1.58. The number of thiazole rings is 1. The Morgan fingerprint density at radius 1 is 1.41 bits per heavy atom. The first-order valence-electron chi connectivity index (χ1n) is 11.1. The Bertz CT molecular complexity index is 1360. The van der Waals surface area contributed by atoms with Gasteiger partial charge in [-0.25, -0.2) is 9.78 Å². The quantitative estimate of drug-likeness (QED) is 0.0883. The lowest BCUT2D eigenvalue weighted by molar-refractivity contribution is -0.150. The Labute approximate surface area is 243 Å². The van der Waals surface area contributed by atoms with Gasteiger partial charge in [0.2, 0.25) is 0 Å². The third-order valence-electron chi connectivity index (χ3n) is 5.50. The summed E-state index contributed by atoms with van der Waals surface area (Å²) in [6.07, 6.45) is 2.64. The summed E-state index contributed by atoms with van der Waals surface area (Å²) in [5, 5.41) is 33.9. The van der Waals surface area contributed by atoms with Crippen molar-refractivity contribution in [2.75, 3.05) is 23.8 Å². The van der Waals surface area contributed by atoms with Gasteiger partial charge in [-0.3, -0.25) is 19.5 Å². The minimum Gasteiger partial charge on any atom is -0.477 e. The van der Waals surface area contributed by atoms with Crippen LogP contribution in [-0.2, 0) is 20.1 Å². The summed E-state index contributed by atoms with van der Waals surface area (Å²) in [7, 11) is 0. The van der Waals surface area contributed by atoms with E-state index in [0.29, 0.717) is 16.4 Å². The molecule has 2 aromatic heterocycles. The number of carbonyl (C=O) groups excluding carboxylic acids is 2. The summed E-state index contributed by atoms with van der Waals surface area (Å²) in [6.45, 7) is 0.154. The van der Waals surface area contributed by atoms with E-state index in [1.54, 1.807) is 18.5 Å². The van der Waals surface area contributed by atoms with Gasteiger partial charge in [-0.05, 0) is 11.6 Å². The monoisotopic (exact) mass is 631 g/mol. The number of β-lactam (4-membered cyclic amide) rings is 1. The first kappa shape index (κ1) is 29.4. The van der Waals surface area contributed by atoms with Crippen molar-refractivity contribution in [2.45, 2.75) is 28.2 Å². The number of carboxylic acids is 1. The fraction of sp³-hybridized carbons (Fsp3) is 0.333. The van der Waals surface area contributed by atoms with Crippen LogP contribution in [0.25, 0.3) is 0 Å². The smallest absolute Gasteiger partial charge is 0.353 e. The van der Waals surface area contributed by atoms with Crippen molar-refractivity contribution in [3.05, 3.63) is 44.7 Å². The highest BCUT2D eigenvalue weighted by molar-refractivity contribution is 8.06. The molecule has 0 aliphatic carbocycles. The van der Waals surface area contributed by atoms with Crippen molar-refractivity contribution in [1.29, 1.82) is 0 Å². The molecule has 8 N–H and O–H groups in total. The van der Waals surface area contributed by atoms with Crippen LogP contribution < -0.4 is 16.8 Å². The molecule has 208 valence electrons. The molecule has 2 aliphatic rings. The van der Waals surface area contributed by atoms with Crippen LogP contribution in [0.3, 0.4) is 0 Å². The Hall–Kier alpha value is -2.54. The fourth-order valence-corrected chi connectivity index (χ4v) is 8.23. The van der Waals surface area contributed by atoms with Crippen molar-refractivity contribution in [1.82, 2.24) is 20.2 Å². The number of hydrogen-bond acceptors (Lipinski definition) is 14. The number of anilines is 1. The number of pyridine rings is 1. The predicted octanol–water partition coefficient (Wildman–Crippen LogP) is 0.993. The molecule has 1 saturated heterocycles. The van der Waals surface area contributed by atoms with E-state index >= 15 is 0 Å². The Morgan fingerprint density at radius 3 is 2.82 bits per heavy atom. The highest BCUT2D eigenvalue weighted by Crippen LogP contribution is 2.46. The number of nitrogens with one attached hydrogen (secondary N) is 1. The minimum atomic E-state index is -1.28. The van der Waals surface area contributed by atoms with Gasteiger partial charge in [0.25, 0.3) is 11.8 Å². The first-order chi connectivity index (χ1) is 18.7. The number of nitrogens with zero attached hydrogens (tertiary/aromatic N) is 4. The molecule has 13 nitrogen and oxygen atoms in total. The Morgan fingerprint density at radius 2 is 2.18 bits per heavy atom. The minimum absolute atomic E-state index is 0.0336. The van der Waals surface area contributed by atoms with Gasteiger partial charge < -0.3 is 32.2 Å². The van der Waals surface area contributed by atoms with Crippen LogP contribution >= 0.6 is 58.2 Å². The number of aliphatic carboxylic acids is 1. The van der Waals surface area contributed by atoms with Crippen LogP contribution in [0.15, 0.2) is 39.1 Å². The molecular weight excluding hydrogens is 610 g/mol. The lowest BCUT2D eigenvalue weighted by atomic mass is 10.0. The number of carboxylic acid groups (broad SMARTS) is 1. The normalized spacial score (nSPS) is 19.9. The van der Waals surface area contributed by atoms with E-state index in [0.717, 1.165) is 26.7 Å². The summed E-state index contributed by atoms with van der Waals surface area (Å²) < 4.78 is 0.0336. The maximum atomic E-state index is 13.0. The predicted molar refractivity (Wildman–Crippen MR) is 151 cm³/mol. The van der Waals surface area contributed by atoms with E-state index in [1.807, 2.05) is 0 Å². The lowest BCUT2D eigenvalue weighted by Gasteiger charge is -2.49. The summed E-state index contributed by atoms with van der Waals surface area (Å²) in [4.78, 5) is 48.5. The van der Waals surface area contributed by atoms with Crippen molar-refractivity contribution < 1.29 is 29.8 Å². The summed E-state index contributed by atoms with van der Waals surface area (Å²) in [6, 6.07) is 0.702. The second kappa shape index (κ2) is 12.8. The molecule has 2 aromatic rings. The number of halogens is 1. The van der Waals surface area contributed by atoms with E-state index in [2.05, 4.69) is 20.4 Å². The number of aromatic nitrogens is 2. The lowest BCUT2D eigenvalue weighted by Crippen LogP contribution is -2.71. The second-order valence-electron chi connectivity index (χ2n) is 8.05. The van der Waals surface area contributed by atoms with E-state index in [4.69, 9.17) is 23.1 Å². The highest BCUT2D eigenvalue weighted by Gasteiger charge is 2.54. The molecule has 1 unspecified atom stereocenters. The topological polar surface area (TPSA) is 217 Å². The molecule has 1 fully saturated rings. The van der Waals surface area contributed by atoms with Crippen LogP contribution in [0.5, 0.6) is 0 Å². The molecule has 39 heavy (non-hydrogen) atoms. The largest absolute Gasteiger partial charge is 0.477 e. The van der Waals surface area contributed by atoms with Gasteiger partial charge in [-0.2, -0.15) is 11.8 Å². The number of rotatable bonds is 11. The second-order valence-corrected chi connectivity index (χ2v) is 13.0. The molecule has 0 spiro atoms. The van der Waals surface area contributed by atoms with Gasteiger partial charge >= 0.3 is 5.97 Å². The fourth-order valence-electron chi connectivity index (χ4n) is 3.67. The van der Waals surface area contributed by atoms with E-state index in [9.17, 15) is 29.8 Å². The maximum Gasteiger partial charge on any atom is 0.353 e. The Balaban J connectivity index is 1.50. The number of oxime groups is 1. The van der Waals surface area contributed by atoms with Crippen molar-refractivity contribution in [2.24, 2.45) is 10.9 Å². The molecule has 0 saturated carbocycles. The van der Waals surface area contributed by atoms with Crippen LogP contribution in [0.1, 0.15) is 11.3 Å². The van der Waals surface area contributed by atoms with Gasteiger partial charge in [0.15, 0.2) is 10.8 Å². The number of aliphatic hydroxyl groups is 1. The van der Waals surface area contributed by atoms with Gasteiger partial charge in [-0.1, -0.05) is 39.9 Å². The zero-order valence-corrected chi connectivity index (χ0v) is 23.8. The molecule has 18 heteroatoms. The van der Waals surface area contributed by atoms with Crippen molar-refractivity contribution >= 4 is 86.9 Å². The number of aliphatic hydroxyl groups excluding tert-OH is 1. The molecule has 0 bridgehead atoms. The number of amides is 2. The zero-order chi connectivity index (χ0) is 28.3. The third-order valence-corrected chi connectivity index (χ3v) is 10.4. The molecule has 2 amide bonds. The van der Waals surface area contributed by atoms with E-state index in [1.165, 1.54) is 35.3 Å². The first-order valence-corrected chi connectivity index (χ1v) is 15.3. The van der Waals surface area contributed by atoms with Crippen molar-refractivity contribution in [3.63, 3.8) is 0 Å². The third kappa shape index (κ3) is 6.29. The van der Waals surface area contributed by atoms with Gasteiger partial charge in [0.05, 0.1) is 6.10 Å². The summed E-state index contributed by atoms with van der Waals surface area (Å²) in [5.41, 5.74) is 11.1. The average Bonchev–Trinajstić information content (AvgIpc) is 3.25. The number of nitrogens with two attached hydrogens (primary N) is 2. The number of hydrogen-bond donors (Lipinski definition) is 6. The van der Waals surface area contributed by atoms with Crippen molar-refractivity contribution in [3.8, 4) is 0 Å². The molecule has 0 aromatic carbocycles. The maximum absolute atomic E-state index is 13.0. The van der Waals surface area contributed by atoms with Gasteiger partial charge in [0, 0.05) is 46.0 Å². The van der Waals surface area contributed by atoms with E-state index < -0.39 is 41.0 Å². The molecule has 4 rings (SSSR count). The SMILES string of the molecule is NCC(O)CSCc1cnccc1SC1=C(C(=O)O)N2C(=O)[C@@H](NC(=O)/C(=N\O)c3nc(N)sc3Cl)[C@@H]2SC1. The summed E-state index contributed by atoms with van der Waals surface area (Å²) >= 11 is 10.9. The highest BCUT2D eigenvalue weighted by atomic mass is 35.5. The van der Waals surface area contributed by atoms with E-state index in [-0.39, 0.29) is 33.2 Å². The number of fused-ring (bicyclic) bond motifs is 1. The van der Waals surface area contributed by atoms with Gasteiger partial charge in [-0.15, -0.1) is 11.8 Å². The zero-order valence-electron chi connectivity index (χ0n) is 19.8. The number of thioether (sulfide) groups is 3. The average molecular weight is 632 g/mol. The van der Waals surface area contributed by atoms with Crippen LogP contribution in [0, 0.1) is 0 Å². The number of nitrogen functional groups attached to an aromatic ring is 1. The van der Waals surface area contributed by atoms with Gasteiger partial charge in [0.1, 0.15) is 27.1 Å². The standard InChI is InChI=1S/C21H22ClN7O6S4/c22-16-12(27-21(24)39-16)13(28-35)17(31)26-14-18(32)29-15(20(33)34)11(7-37-19(14)29)38-10-1-2-25-4-8(10)5-36-6-9(30)3-23/h1-2,4,9,14,19,30,35H,3,5-7,23H2,(H2,24,27)(H,26,31)(H,33,34)/b28-13-/t9?,14-,19+/m1/s1. The molecular formula is C21H22ClN7O6S4. The Kier molecular flexibility index (Phi) is 9.63. The molecule has 3 atom stereocenters.